The van der Waals surface area contributed by atoms with E-state index in [1.165, 1.54) is 62.6 Å². The fourth-order valence-electron chi connectivity index (χ4n) is 2.20. The molecule has 0 aliphatic heterocycles. The van der Waals surface area contributed by atoms with Gasteiger partial charge in [0, 0.05) is 18.1 Å². The van der Waals surface area contributed by atoms with Crippen molar-refractivity contribution < 1.29 is 0 Å². The van der Waals surface area contributed by atoms with E-state index >= 15 is 0 Å². The van der Waals surface area contributed by atoms with Crippen LogP contribution in [0.5, 0.6) is 0 Å². The van der Waals surface area contributed by atoms with E-state index in [9.17, 15) is 0 Å². The maximum atomic E-state index is 5.77. The zero-order chi connectivity index (χ0) is 13.8. The summed E-state index contributed by atoms with van der Waals surface area (Å²) in [6.07, 6.45) is 11.0. The summed E-state index contributed by atoms with van der Waals surface area (Å²) in [6.45, 7) is 3.35. The summed E-state index contributed by atoms with van der Waals surface area (Å²) in [5, 5.41) is 3.46. The van der Waals surface area contributed by atoms with Crippen molar-refractivity contribution >= 4 is 17.3 Å². The highest BCUT2D eigenvalue weighted by molar-refractivity contribution is 6.17. The number of hydrogen-bond donors (Lipinski definition) is 1. The Morgan fingerprint density at radius 3 is 2.00 bits per heavy atom. The van der Waals surface area contributed by atoms with Crippen LogP contribution in [-0.4, -0.2) is 6.54 Å². The lowest BCUT2D eigenvalue weighted by molar-refractivity contribution is 0.581. The van der Waals surface area contributed by atoms with Crippen LogP contribution in [0.25, 0.3) is 0 Å². The molecule has 0 spiro atoms. The van der Waals surface area contributed by atoms with E-state index in [0.717, 1.165) is 6.54 Å². The fraction of sp³-hybridized carbons (Fsp3) is 0.647. The van der Waals surface area contributed by atoms with E-state index in [2.05, 4.69) is 36.5 Å². The van der Waals surface area contributed by atoms with Crippen LogP contribution in [0.2, 0.25) is 0 Å². The Balaban J connectivity index is 1.95. The van der Waals surface area contributed by atoms with Gasteiger partial charge in [-0.05, 0) is 24.1 Å². The maximum absolute atomic E-state index is 5.77. The molecule has 0 unspecified atom stereocenters. The Labute approximate surface area is 123 Å². The van der Waals surface area contributed by atoms with E-state index in [1.807, 2.05) is 0 Å². The van der Waals surface area contributed by atoms with E-state index in [0.29, 0.717) is 5.88 Å². The van der Waals surface area contributed by atoms with Gasteiger partial charge in [-0.15, -0.1) is 11.6 Å². The highest BCUT2D eigenvalue weighted by Gasteiger charge is 1.94. The van der Waals surface area contributed by atoms with Gasteiger partial charge in [0.05, 0.1) is 0 Å². The van der Waals surface area contributed by atoms with Gasteiger partial charge >= 0.3 is 0 Å². The lowest BCUT2D eigenvalue weighted by Gasteiger charge is -2.07. The highest BCUT2D eigenvalue weighted by Crippen LogP contribution is 2.12. The third kappa shape index (κ3) is 8.15. The topological polar surface area (TPSA) is 12.0 Å². The molecule has 2 heteroatoms. The second-order valence-corrected chi connectivity index (χ2v) is 5.50. The van der Waals surface area contributed by atoms with E-state index in [-0.39, 0.29) is 0 Å². The Morgan fingerprint density at radius 1 is 0.842 bits per heavy atom. The fourth-order valence-corrected chi connectivity index (χ4v) is 2.38. The summed E-state index contributed by atoms with van der Waals surface area (Å²) in [5.74, 6) is 0.596. The minimum Gasteiger partial charge on any atom is -0.385 e. The minimum atomic E-state index is 0.596. The summed E-state index contributed by atoms with van der Waals surface area (Å²) in [6, 6.07) is 8.40. The summed E-state index contributed by atoms with van der Waals surface area (Å²) in [5.41, 5.74) is 2.39. The van der Waals surface area contributed by atoms with Crippen molar-refractivity contribution in [3.05, 3.63) is 29.8 Å². The molecule has 19 heavy (non-hydrogen) atoms. The van der Waals surface area contributed by atoms with E-state index in [4.69, 9.17) is 11.6 Å². The van der Waals surface area contributed by atoms with Gasteiger partial charge in [0.1, 0.15) is 0 Å². The molecule has 1 N–H and O–H groups in total. The predicted octanol–water partition coefficient (Wildman–Crippen LogP) is 5.98. The van der Waals surface area contributed by atoms with Crippen LogP contribution in [0.15, 0.2) is 24.3 Å². The van der Waals surface area contributed by atoms with Gasteiger partial charge < -0.3 is 5.32 Å². The first-order chi connectivity index (χ1) is 9.36. The van der Waals surface area contributed by atoms with Crippen LogP contribution in [0.3, 0.4) is 0 Å². The van der Waals surface area contributed by atoms with Gasteiger partial charge in [-0.1, -0.05) is 64.0 Å². The van der Waals surface area contributed by atoms with Crippen molar-refractivity contribution in [1.82, 2.24) is 0 Å². The molecule has 0 fully saturated rings. The molecule has 0 amide bonds. The van der Waals surface area contributed by atoms with Crippen molar-refractivity contribution in [3.8, 4) is 0 Å². The van der Waals surface area contributed by atoms with Gasteiger partial charge in [-0.3, -0.25) is 0 Å². The van der Waals surface area contributed by atoms with Crippen molar-refractivity contribution in [2.45, 2.75) is 64.2 Å². The Bertz CT molecular complexity index is 308. The van der Waals surface area contributed by atoms with Crippen LogP contribution < -0.4 is 5.32 Å². The second-order valence-electron chi connectivity index (χ2n) is 5.23. The van der Waals surface area contributed by atoms with Crippen molar-refractivity contribution in [1.29, 1.82) is 0 Å². The number of halogens is 1. The zero-order valence-electron chi connectivity index (χ0n) is 12.3. The summed E-state index contributed by atoms with van der Waals surface area (Å²) in [4.78, 5) is 0. The van der Waals surface area contributed by atoms with Gasteiger partial charge in [0.25, 0.3) is 0 Å². The quantitative estimate of drug-likeness (QED) is 0.389. The van der Waals surface area contributed by atoms with Gasteiger partial charge in [-0.25, -0.2) is 0 Å². The lowest BCUT2D eigenvalue weighted by atomic mass is 10.1. The van der Waals surface area contributed by atoms with Crippen LogP contribution in [0.1, 0.15) is 63.9 Å². The van der Waals surface area contributed by atoms with Gasteiger partial charge in [-0.2, -0.15) is 0 Å². The number of rotatable bonds is 11. The number of nitrogens with one attached hydrogen (secondary N) is 1. The predicted molar refractivity (Wildman–Crippen MR) is 87.1 cm³/mol. The number of alkyl halides is 1. The Morgan fingerprint density at radius 2 is 1.42 bits per heavy atom. The Kier molecular flexibility index (Phi) is 9.61. The summed E-state index contributed by atoms with van der Waals surface area (Å²) in [7, 11) is 0. The van der Waals surface area contributed by atoms with Crippen LogP contribution in [-0.2, 0) is 5.88 Å². The third-order valence-corrected chi connectivity index (χ3v) is 3.78. The molecule has 1 rings (SSSR count). The molecular weight excluding hydrogens is 254 g/mol. The number of hydrogen-bond acceptors (Lipinski definition) is 1. The van der Waals surface area contributed by atoms with Crippen molar-refractivity contribution in [3.63, 3.8) is 0 Å². The molecular formula is C17H28ClN. The van der Waals surface area contributed by atoms with Crippen LogP contribution in [0, 0.1) is 0 Å². The molecule has 0 radical (unpaired) electrons. The molecule has 0 aromatic heterocycles. The smallest absolute Gasteiger partial charge is 0.0474 e. The van der Waals surface area contributed by atoms with Gasteiger partial charge in [0.15, 0.2) is 0 Å². The average Bonchev–Trinajstić information content (AvgIpc) is 2.46. The maximum Gasteiger partial charge on any atom is 0.0474 e. The molecule has 1 nitrogen and oxygen atoms in total. The van der Waals surface area contributed by atoms with Crippen molar-refractivity contribution in [2.75, 3.05) is 11.9 Å². The molecule has 108 valence electrons. The molecule has 0 saturated carbocycles. The molecule has 1 aromatic rings. The monoisotopic (exact) mass is 281 g/mol. The average molecular weight is 282 g/mol. The highest BCUT2D eigenvalue weighted by atomic mass is 35.5. The molecule has 0 aliphatic carbocycles. The molecule has 0 bridgehead atoms. The SMILES string of the molecule is CCCCCCCCCCNc1ccc(CCl)cc1. The number of unbranched alkanes of at least 4 members (excludes halogenated alkanes) is 7. The van der Waals surface area contributed by atoms with Crippen LogP contribution >= 0.6 is 11.6 Å². The first kappa shape index (κ1) is 16.4. The molecule has 0 saturated heterocycles. The third-order valence-electron chi connectivity index (χ3n) is 3.47. The lowest BCUT2D eigenvalue weighted by Crippen LogP contribution is -2.01. The number of anilines is 1. The van der Waals surface area contributed by atoms with Gasteiger partial charge in [0.2, 0.25) is 0 Å². The van der Waals surface area contributed by atoms with Crippen molar-refractivity contribution in [2.24, 2.45) is 0 Å². The van der Waals surface area contributed by atoms with Crippen LogP contribution in [0.4, 0.5) is 5.69 Å². The molecule has 0 atom stereocenters. The normalized spacial score (nSPS) is 10.6. The first-order valence-electron chi connectivity index (χ1n) is 7.75. The number of benzene rings is 1. The zero-order valence-corrected chi connectivity index (χ0v) is 13.0. The molecule has 0 aliphatic rings. The Hall–Kier alpha value is -0.690. The standard InChI is InChI=1S/C17H28ClN/c1-2-3-4-5-6-7-8-9-14-19-17-12-10-16(15-18)11-13-17/h10-13,19H,2-9,14-15H2,1H3. The summed E-state index contributed by atoms with van der Waals surface area (Å²) >= 11 is 5.77. The van der Waals surface area contributed by atoms with E-state index < -0.39 is 0 Å². The second kappa shape index (κ2) is 11.2. The first-order valence-corrected chi connectivity index (χ1v) is 8.29. The minimum absolute atomic E-state index is 0.596. The molecule has 0 heterocycles. The summed E-state index contributed by atoms with van der Waals surface area (Å²) < 4.78 is 0. The van der Waals surface area contributed by atoms with E-state index in [1.54, 1.807) is 0 Å². The molecule has 1 aromatic carbocycles. The largest absolute Gasteiger partial charge is 0.385 e.